The molecule has 0 aliphatic carbocycles. The van der Waals surface area contributed by atoms with Gasteiger partial charge in [-0.05, 0) is 43.3 Å². The molecule has 3 heteroatoms. The summed E-state index contributed by atoms with van der Waals surface area (Å²) in [6.07, 6.45) is 8.15. The molecule has 17 heavy (non-hydrogen) atoms. The quantitative estimate of drug-likeness (QED) is 0.359. The van der Waals surface area contributed by atoms with E-state index < -0.39 is 6.10 Å². The summed E-state index contributed by atoms with van der Waals surface area (Å²) in [7, 11) is 0. The maximum absolute atomic E-state index is 9.37. The fourth-order valence-electron chi connectivity index (χ4n) is 0.947. The fourth-order valence-corrected chi connectivity index (χ4v) is 0.947. The molecule has 0 rings (SSSR count). The lowest BCUT2D eigenvalue weighted by Gasteiger charge is -1.93. The maximum Gasteiger partial charge on any atom is 0.134 e. The fraction of sp³-hybridized carbons (Fsp3) is 0.429. The Morgan fingerprint density at radius 2 is 1.88 bits per heavy atom. The number of rotatable bonds is 6. The Kier molecular flexibility index (Phi) is 11.4. The SMILES string of the molecule is OC/C=C/C#CC#C[C@@H](O)/C=C\CCCCO. The molecule has 0 unspecified atom stereocenters. The van der Waals surface area contributed by atoms with Crippen LogP contribution in [-0.2, 0) is 0 Å². The van der Waals surface area contributed by atoms with E-state index in [1.54, 1.807) is 6.08 Å². The molecule has 0 aromatic heterocycles. The number of hydrogen-bond acceptors (Lipinski definition) is 3. The standard InChI is InChI=1S/C14H18O3/c15-12-8-4-1-2-6-10-14(17)11-7-3-5-9-13-16/h4,7-8,11,14-17H,3,5,9,12-13H2/b8-4+,11-7-/t14-/m1/s1. The molecule has 0 aliphatic heterocycles. The topological polar surface area (TPSA) is 60.7 Å². The van der Waals surface area contributed by atoms with Crippen LogP contribution in [0.4, 0.5) is 0 Å². The molecular weight excluding hydrogens is 216 g/mol. The Balaban J connectivity index is 3.83. The van der Waals surface area contributed by atoms with E-state index in [9.17, 15) is 5.11 Å². The van der Waals surface area contributed by atoms with Crippen LogP contribution in [0.15, 0.2) is 24.3 Å². The Bertz CT molecular complexity index is 347. The van der Waals surface area contributed by atoms with Crippen LogP contribution in [0, 0.1) is 23.7 Å². The van der Waals surface area contributed by atoms with Crippen molar-refractivity contribution in [2.45, 2.75) is 25.4 Å². The van der Waals surface area contributed by atoms with E-state index in [1.165, 1.54) is 12.2 Å². The molecule has 0 bridgehead atoms. The van der Waals surface area contributed by atoms with Gasteiger partial charge in [-0.15, -0.1) is 0 Å². The summed E-state index contributed by atoms with van der Waals surface area (Å²) in [5.41, 5.74) is 0. The van der Waals surface area contributed by atoms with Gasteiger partial charge < -0.3 is 15.3 Å². The highest BCUT2D eigenvalue weighted by Gasteiger charge is 1.89. The first-order valence-electron chi connectivity index (χ1n) is 5.53. The summed E-state index contributed by atoms with van der Waals surface area (Å²) in [5.74, 6) is 10.2. The van der Waals surface area contributed by atoms with Crippen LogP contribution in [-0.4, -0.2) is 34.6 Å². The highest BCUT2D eigenvalue weighted by Crippen LogP contribution is 1.96. The Labute approximate surface area is 102 Å². The van der Waals surface area contributed by atoms with Crippen LogP contribution in [0.3, 0.4) is 0 Å². The lowest BCUT2D eigenvalue weighted by molar-refractivity contribution is 0.279. The third-order valence-electron chi connectivity index (χ3n) is 1.76. The first-order valence-corrected chi connectivity index (χ1v) is 5.53. The number of unbranched alkanes of at least 4 members (excludes halogenated alkanes) is 2. The average Bonchev–Trinajstić information content (AvgIpc) is 2.33. The van der Waals surface area contributed by atoms with Crippen molar-refractivity contribution in [3.63, 3.8) is 0 Å². The minimum Gasteiger partial charge on any atom is -0.396 e. The second-order valence-electron chi connectivity index (χ2n) is 3.22. The Morgan fingerprint density at radius 1 is 1.06 bits per heavy atom. The second-order valence-corrected chi connectivity index (χ2v) is 3.22. The molecule has 3 nitrogen and oxygen atoms in total. The summed E-state index contributed by atoms with van der Waals surface area (Å²) in [5, 5.41) is 26.3. The average molecular weight is 234 g/mol. The van der Waals surface area contributed by atoms with Gasteiger partial charge in [-0.2, -0.15) is 0 Å². The number of hydrogen-bond donors (Lipinski definition) is 3. The van der Waals surface area contributed by atoms with Gasteiger partial charge in [0.25, 0.3) is 0 Å². The van der Waals surface area contributed by atoms with Crippen molar-refractivity contribution in [3.05, 3.63) is 24.3 Å². The molecule has 0 amide bonds. The van der Waals surface area contributed by atoms with Gasteiger partial charge in [-0.25, -0.2) is 0 Å². The normalized spacial score (nSPS) is 11.9. The van der Waals surface area contributed by atoms with Crippen LogP contribution in [0.1, 0.15) is 19.3 Å². The zero-order valence-electron chi connectivity index (χ0n) is 9.76. The monoisotopic (exact) mass is 234 g/mol. The van der Waals surface area contributed by atoms with E-state index in [0.29, 0.717) is 0 Å². The largest absolute Gasteiger partial charge is 0.396 e. The number of aliphatic hydroxyl groups excluding tert-OH is 3. The minimum atomic E-state index is -0.805. The lowest BCUT2D eigenvalue weighted by Crippen LogP contribution is -1.96. The van der Waals surface area contributed by atoms with Gasteiger partial charge in [0.15, 0.2) is 0 Å². The van der Waals surface area contributed by atoms with Gasteiger partial charge >= 0.3 is 0 Å². The van der Waals surface area contributed by atoms with E-state index >= 15 is 0 Å². The Morgan fingerprint density at radius 3 is 2.59 bits per heavy atom. The molecule has 0 saturated heterocycles. The summed E-state index contributed by atoms with van der Waals surface area (Å²) >= 11 is 0. The molecule has 0 heterocycles. The maximum atomic E-state index is 9.37. The van der Waals surface area contributed by atoms with E-state index in [2.05, 4.69) is 23.7 Å². The van der Waals surface area contributed by atoms with E-state index in [0.717, 1.165) is 19.3 Å². The molecule has 0 aromatic carbocycles. The lowest BCUT2D eigenvalue weighted by atomic mass is 10.2. The van der Waals surface area contributed by atoms with Gasteiger partial charge in [0, 0.05) is 6.61 Å². The Hall–Kier alpha value is -1.52. The van der Waals surface area contributed by atoms with Crippen molar-refractivity contribution in [3.8, 4) is 23.7 Å². The molecule has 92 valence electrons. The zero-order valence-corrected chi connectivity index (χ0v) is 9.76. The smallest absolute Gasteiger partial charge is 0.134 e. The van der Waals surface area contributed by atoms with Crippen LogP contribution in [0.2, 0.25) is 0 Å². The van der Waals surface area contributed by atoms with Crippen LogP contribution < -0.4 is 0 Å². The third kappa shape index (κ3) is 12.4. The summed E-state index contributed by atoms with van der Waals surface area (Å²) in [6, 6.07) is 0. The molecule has 1 atom stereocenters. The van der Waals surface area contributed by atoms with Gasteiger partial charge in [0.05, 0.1) is 6.61 Å². The molecular formula is C14H18O3. The van der Waals surface area contributed by atoms with Gasteiger partial charge in [0.1, 0.15) is 6.10 Å². The first-order chi connectivity index (χ1) is 8.31. The van der Waals surface area contributed by atoms with Crippen molar-refractivity contribution in [1.29, 1.82) is 0 Å². The van der Waals surface area contributed by atoms with Crippen LogP contribution in [0.5, 0.6) is 0 Å². The highest BCUT2D eigenvalue weighted by molar-refractivity contribution is 5.32. The molecule has 0 radical (unpaired) electrons. The van der Waals surface area contributed by atoms with E-state index in [-0.39, 0.29) is 13.2 Å². The molecule has 3 N–H and O–H groups in total. The molecule has 0 spiro atoms. The predicted molar refractivity (Wildman–Crippen MR) is 67.9 cm³/mol. The van der Waals surface area contributed by atoms with Crippen LogP contribution >= 0.6 is 0 Å². The van der Waals surface area contributed by atoms with Gasteiger partial charge in [0.2, 0.25) is 0 Å². The van der Waals surface area contributed by atoms with Crippen molar-refractivity contribution in [2.75, 3.05) is 13.2 Å². The number of aliphatic hydroxyl groups is 3. The molecule has 0 aromatic rings. The van der Waals surface area contributed by atoms with Crippen molar-refractivity contribution < 1.29 is 15.3 Å². The van der Waals surface area contributed by atoms with Gasteiger partial charge in [-0.1, -0.05) is 24.0 Å². The molecule has 0 saturated carbocycles. The molecule has 0 fully saturated rings. The number of allylic oxidation sites excluding steroid dienone is 2. The van der Waals surface area contributed by atoms with Crippen LogP contribution in [0.25, 0.3) is 0 Å². The van der Waals surface area contributed by atoms with E-state index in [1.807, 2.05) is 6.08 Å². The second kappa shape index (κ2) is 12.5. The minimum absolute atomic E-state index is 0.0404. The summed E-state index contributed by atoms with van der Waals surface area (Å²) in [4.78, 5) is 0. The predicted octanol–water partition coefficient (Wildman–Crippen LogP) is 0.621. The van der Waals surface area contributed by atoms with Gasteiger partial charge in [-0.3, -0.25) is 0 Å². The third-order valence-corrected chi connectivity index (χ3v) is 1.76. The summed E-state index contributed by atoms with van der Waals surface area (Å²) in [6.45, 7) is 0.161. The first kappa shape index (κ1) is 15.5. The van der Waals surface area contributed by atoms with Crippen molar-refractivity contribution in [2.24, 2.45) is 0 Å². The zero-order chi connectivity index (χ0) is 12.8. The van der Waals surface area contributed by atoms with Crippen molar-refractivity contribution >= 4 is 0 Å². The summed E-state index contributed by atoms with van der Waals surface area (Å²) < 4.78 is 0. The van der Waals surface area contributed by atoms with E-state index in [4.69, 9.17) is 10.2 Å². The molecule has 0 aliphatic rings. The van der Waals surface area contributed by atoms with Crippen molar-refractivity contribution in [1.82, 2.24) is 0 Å². The highest BCUT2D eigenvalue weighted by atomic mass is 16.3.